The molecule has 20 heavy (non-hydrogen) atoms. The van der Waals surface area contributed by atoms with E-state index in [0.717, 1.165) is 37.1 Å². The molecule has 1 fully saturated rings. The van der Waals surface area contributed by atoms with E-state index in [4.69, 9.17) is 4.74 Å². The molecule has 0 aliphatic carbocycles. The summed E-state index contributed by atoms with van der Waals surface area (Å²) in [4.78, 5) is 12.3. The van der Waals surface area contributed by atoms with Gasteiger partial charge in [-0.1, -0.05) is 25.0 Å². The number of hydrogen-bond acceptors (Lipinski definition) is 3. The number of rotatable bonds is 4. The molecule has 0 bridgehead atoms. The Morgan fingerprint density at radius 1 is 1.40 bits per heavy atom. The Labute approximate surface area is 120 Å². The number of methoxy groups -OCH3 is 1. The molecule has 2 N–H and O–H groups in total. The molecule has 1 aromatic carbocycles. The Balaban J connectivity index is 1.95. The van der Waals surface area contributed by atoms with E-state index >= 15 is 0 Å². The molecule has 110 valence electrons. The quantitative estimate of drug-likeness (QED) is 0.888. The fourth-order valence-corrected chi connectivity index (χ4v) is 2.56. The number of carbonyl (C=O) groups is 1. The molecule has 1 heterocycles. The average molecular weight is 276 g/mol. The summed E-state index contributed by atoms with van der Waals surface area (Å²) in [5.41, 5.74) is 1.06. The Morgan fingerprint density at radius 2 is 2.25 bits per heavy atom. The summed E-state index contributed by atoms with van der Waals surface area (Å²) >= 11 is 0. The SMILES string of the molecule is COc1cccc(C(C)NC(=O)C2CCCCCN2)c1. The monoisotopic (exact) mass is 276 g/mol. The molecule has 0 aromatic heterocycles. The third-order valence-electron chi connectivity index (χ3n) is 3.83. The van der Waals surface area contributed by atoms with Gasteiger partial charge in [-0.2, -0.15) is 0 Å². The Morgan fingerprint density at radius 3 is 3.05 bits per heavy atom. The maximum Gasteiger partial charge on any atom is 0.237 e. The summed E-state index contributed by atoms with van der Waals surface area (Å²) in [6.45, 7) is 2.94. The van der Waals surface area contributed by atoms with Crippen molar-refractivity contribution in [2.75, 3.05) is 13.7 Å². The second-order valence-electron chi connectivity index (χ2n) is 5.36. The second-order valence-corrected chi connectivity index (χ2v) is 5.36. The van der Waals surface area contributed by atoms with Crippen LogP contribution in [-0.2, 0) is 4.79 Å². The van der Waals surface area contributed by atoms with Crippen LogP contribution in [0, 0.1) is 0 Å². The van der Waals surface area contributed by atoms with Crippen molar-refractivity contribution in [3.05, 3.63) is 29.8 Å². The van der Waals surface area contributed by atoms with Crippen LogP contribution in [0.2, 0.25) is 0 Å². The van der Waals surface area contributed by atoms with Crippen molar-refractivity contribution in [2.45, 2.75) is 44.7 Å². The van der Waals surface area contributed by atoms with Crippen molar-refractivity contribution < 1.29 is 9.53 Å². The third-order valence-corrected chi connectivity index (χ3v) is 3.83. The maximum absolute atomic E-state index is 12.3. The average Bonchev–Trinajstić information content (AvgIpc) is 2.76. The highest BCUT2D eigenvalue weighted by Crippen LogP contribution is 2.19. The minimum absolute atomic E-state index is 0.0114. The largest absolute Gasteiger partial charge is 0.497 e. The van der Waals surface area contributed by atoms with E-state index in [2.05, 4.69) is 10.6 Å². The first-order valence-electron chi connectivity index (χ1n) is 7.38. The van der Waals surface area contributed by atoms with Crippen molar-refractivity contribution in [3.63, 3.8) is 0 Å². The predicted molar refractivity (Wildman–Crippen MR) is 79.8 cm³/mol. The molecule has 0 saturated carbocycles. The lowest BCUT2D eigenvalue weighted by Crippen LogP contribution is -2.44. The summed E-state index contributed by atoms with van der Waals surface area (Å²) in [6.07, 6.45) is 4.42. The second kappa shape index (κ2) is 7.29. The van der Waals surface area contributed by atoms with Crippen LogP contribution in [0.15, 0.2) is 24.3 Å². The molecule has 4 nitrogen and oxygen atoms in total. The van der Waals surface area contributed by atoms with Crippen LogP contribution in [0.5, 0.6) is 5.75 Å². The Kier molecular flexibility index (Phi) is 5.41. The van der Waals surface area contributed by atoms with Crippen molar-refractivity contribution in [2.24, 2.45) is 0 Å². The highest BCUT2D eigenvalue weighted by atomic mass is 16.5. The van der Waals surface area contributed by atoms with Crippen LogP contribution in [0.1, 0.15) is 44.2 Å². The molecule has 0 spiro atoms. The number of carbonyl (C=O) groups excluding carboxylic acids is 1. The van der Waals surface area contributed by atoms with Gasteiger partial charge < -0.3 is 15.4 Å². The fourth-order valence-electron chi connectivity index (χ4n) is 2.56. The Bertz CT molecular complexity index is 440. The molecule has 2 rings (SSSR count). The zero-order valence-electron chi connectivity index (χ0n) is 12.3. The van der Waals surface area contributed by atoms with Gasteiger partial charge in [0.25, 0.3) is 0 Å². The van der Waals surface area contributed by atoms with Gasteiger partial charge in [-0.25, -0.2) is 0 Å². The first kappa shape index (κ1) is 14.9. The lowest BCUT2D eigenvalue weighted by atomic mass is 10.1. The van der Waals surface area contributed by atoms with Gasteiger partial charge in [-0.05, 0) is 44.0 Å². The van der Waals surface area contributed by atoms with E-state index in [1.54, 1.807) is 7.11 Å². The van der Waals surface area contributed by atoms with Gasteiger partial charge in [0.05, 0.1) is 19.2 Å². The van der Waals surface area contributed by atoms with E-state index in [0.29, 0.717) is 0 Å². The first-order valence-corrected chi connectivity index (χ1v) is 7.38. The summed E-state index contributed by atoms with van der Waals surface area (Å²) in [6, 6.07) is 7.76. The molecular weight excluding hydrogens is 252 g/mol. The summed E-state index contributed by atoms with van der Waals surface area (Å²) in [5.74, 6) is 0.915. The minimum atomic E-state index is -0.0504. The van der Waals surface area contributed by atoms with E-state index in [1.807, 2.05) is 31.2 Å². The summed E-state index contributed by atoms with van der Waals surface area (Å²) in [7, 11) is 1.65. The predicted octanol–water partition coefficient (Wildman–Crippen LogP) is 2.40. The molecule has 2 unspecified atom stereocenters. The molecule has 1 aromatic rings. The van der Waals surface area contributed by atoms with E-state index in [9.17, 15) is 4.79 Å². The number of benzene rings is 1. The van der Waals surface area contributed by atoms with Crippen LogP contribution in [0.4, 0.5) is 0 Å². The number of amides is 1. The van der Waals surface area contributed by atoms with Gasteiger partial charge in [0, 0.05) is 0 Å². The summed E-state index contributed by atoms with van der Waals surface area (Å²) in [5, 5.41) is 6.41. The van der Waals surface area contributed by atoms with Gasteiger partial charge >= 0.3 is 0 Å². The van der Waals surface area contributed by atoms with Gasteiger partial charge in [-0.15, -0.1) is 0 Å². The summed E-state index contributed by atoms with van der Waals surface area (Å²) < 4.78 is 5.22. The van der Waals surface area contributed by atoms with Gasteiger partial charge in [0.1, 0.15) is 5.75 Å². The zero-order valence-corrected chi connectivity index (χ0v) is 12.3. The minimum Gasteiger partial charge on any atom is -0.497 e. The molecule has 1 aliphatic heterocycles. The van der Waals surface area contributed by atoms with Crippen molar-refractivity contribution in [1.29, 1.82) is 0 Å². The third kappa shape index (κ3) is 3.97. The Hall–Kier alpha value is -1.55. The smallest absolute Gasteiger partial charge is 0.237 e. The lowest BCUT2D eigenvalue weighted by Gasteiger charge is -2.20. The van der Waals surface area contributed by atoms with Crippen LogP contribution in [-0.4, -0.2) is 25.6 Å². The van der Waals surface area contributed by atoms with Crippen LogP contribution in [0.25, 0.3) is 0 Å². The molecule has 2 atom stereocenters. The van der Waals surface area contributed by atoms with Crippen molar-refractivity contribution in [3.8, 4) is 5.75 Å². The first-order chi connectivity index (χ1) is 9.70. The molecule has 1 saturated heterocycles. The van der Waals surface area contributed by atoms with Crippen LogP contribution >= 0.6 is 0 Å². The molecule has 4 heteroatoms. The molecule has 0 radical (unpaired) electrons. The van der Waals surface area contributed by atoms with Gasteiger partial charge in [-0.3, -0.25) is 4.79 Å². The molecular formula is C16H24N2O2. The van der Waals surface area contributed by atoms with Crippen molar-refractivity contribution in [1.82, 2.24) is 10.6 Å². The number of hydrogen-bond donors (Lipinski definition) is 2. The van der Waals surface area contributed by atoms with Crippen LogP contribution < -0.4 is 15.4 Å². The van der Waals surface area contributed by atoms with Gasteiger partial charge in [0.15, 0.2) is 0 Å². The highest BCUT2D eigenvalue weighted by Gasteiger charge is 2.21. The zero-order chi connectivity index (χ0) is 14.4. The lowest BCUT2D eigenvalue weighted by molar-refractivity contribution is -0.123. The standard InChI is InChI=1S/C16H24N2O2/c1-12(13-7-6-8-14(11-13)20-2)18-16(19)15-9-4-3-5-10-17-15/h6-8,11-12,15,17H,3-5,9-10H2,1-2H3,(H,18,19). The van der Waals surface area contributed by atoms with E-state index in [1.165, 1.54) is 6.42 Å². The van der Waals surface area contributed by atoms with E-state index in [-0.39, 0.29) is 18.0 Å². The number of ether oxygens (including phenoxy) is 1. The topological polar surface area (TPSA) is 50.4 Å². The maximum atomic E-state index is 12.3. The highest BCUT2D eigenvalue weighted by molar-refractivity contribution is 5.82. The van der Waals surface area contributed by atoms with E-state index < -0.39 is 0 Å². The van der Waals surface area contributed by atoms with Crippen LogP contribution in [0.3, 0.4) is 0 Å². The molecule has 1 amide bonds. The normalized spacial score (nSPS) is 20.8. The van der Waals surface area contributed by atoms with Gasteiger partial charge in [0.2, 0.25) is 5.91 Å². The van der Waals surface area contributed by atoms with Crippen molar-refractivity contribution >= 4 is 5.91 Å². The molecule has 1 aliphatic rings. The number of nitrogens with one attached hydrogen (secondary N) is 2. The fraction of sp³-hybridized carbons (Fsp3) is 0.562.